The maximum absolute atomic E-state index is 10.7. The van der Waals surface area contributed by atoms with E-state index >= 15 is 0 Å². The Kier molecular flexibility index (Phi) is 6.79. The summed E-state index contributed by atoms with van der Waals surface area (Å²) in [5.74, 6) is 0.903. The van der Waals surface area contributed by atoms with Gasteiger partial charge in [-0.25, -0.2) is 0 Å². The molecule has 27 heavy (non-hydrogen) atoms. The Labute approximate surface area is 160 Å². The molecule has 0 saturated carbocycles. The minimum atomic E-state index is -0.352. The van der Waals surface area contributed by atoms with Crippen LogP contribution in [-0.4, -0.2) is 61.1 Å². The van der Waals surface area contributed by atoms with E-state index in [4.69, 9.17) is 4.74 Å². The Morgan fingerprint density at radius 1 is 0.852 bits per heavy atom. The van der Waals surface area contributed by atoms with Crippen molar-refractivity contribution in [2.24, 2.45) is 0 Å². The van der Waals surface area contributed by atoms with E-state index in [1.165, 1.54) is 5.56 Å². The lowest BCUT2D eigenvalue weighted by Gasteiger charge is -2.34. The monoisotopic (exact) mass is 369 g/mol. The quantitative estimate of drug-likeness (QED) is 0.529. The van der Waals surface area contributed by atoms with Crippen LogP contribution in [0.5, 0.6) is 5.75 Å². The van der Waals surface area contributed by atoms with Gasteiger partial charge in [0.2, 0.25) is 0 Å². The third-order valence-electron chi connectivity index (χ3n) is 5.20. The predicted molar refractivity (Wildman–Crippen MR) is 106 cm³/mol. The summed E-state index contributed by atoms with van der Waals surface area (Å²) in [6.45, 7) is 6.44. The van der Waals surface area contributed by atoms with E-state index in [9.17, 15) is 10.1 Å². The van der Waals surface area contributed by atoms with Crippen LogP contribution < -0.4 is 4.74 Å². The van der Waals surface area contributed by atoms with Gasteiger partial charge in [-0.15, -0.1) is 0 Å². The first-order valence-corrected chi connectivity index (χ1v) is 9.45. The molecule has 1 fully saturated rings. The fourth-order valence-electron chi connectivity index (χ4n) is 3.39. The molecule has 0 aromatic heterocycles. The van der Waals surface area contributed by atoms with E-state index in [1.54, 1.807) is 19.2 Å². The van der Waals surface area contributed by atoms with Gasteiger partial charge in [0.05, 0.1) is 12.0 Å². The van der Waals surface area contributed by atoms with Gasteiger partial charge in [0, 0.05) is 51.4 Å². The van der Waals surface area contributed by atoms with Gasteiger partial charge in [-0.3, -0.25) is 10.1 Å². The summed E-state index contributed by atoms with van der Waals surface area (Å²) in [6, 6.07) is 15.2. The van der Waals surface area contributed by atoms with E-state index in [0.717, 1.165) is 63.4 Å². The fraction of sp³-hybridized carbons (Fsp3) is 0.429. The SMILES string of the molecule is COc1ccc(CCN2CCN(CCc3ccc([N+](=O)[O-])cc3)CC2)cc1. The lowest BCUT2D eigenvalue weighted by Crippen LogP contribution is -2.47. The average molecular weight is 369 g/mol. The first-order valence-electron chi connectivity index (χ1n) is 9.45. The molecule has 0 spiro atoms. The van der Waals surface area contributed by atoms with Crippen LogP contribution in [0.25, 0.3) is 0 Å². The lowest BCUT2D eigenvalue weighted by molar-refractivity contribution is -0.384. The maximum Gasteiger partial charge on any atom is 0.269 e. The highest BCUT2D eigenvalue weighted by Gasteiger charge is 2.16. The van der Waals surface area contributed by atoms with Crippen molar-refractivity contribution in [1.82, 2.24) is 9.80 Å². The van der Waals surface area contributed by atoms with Gasteiger partial charge in [-0.1, -0.05) is 24.3 Å². The smallest absolute Gasteiger partial charge is 0.269 e. The number of hydrogen-bond acceptors (Lipinski definition) is 5. The summed E-state index contributed by atoms with van der Waals surface area (Å²) in [5, 5.41) is 10.7. The zero-order valence-corrected chi connectivity index (χ0v) is 15.8. The van der Waals surface area contributed by atoms with Crippen molar-refractivity contribution in [1.29, 1.82) is 0 Å². The van der Waals surface area contributed by atoms with Crippen molar-refractivity contribution in [2.75, 3.05) is 46.4 Å². The van der Waals surface area contributed by atoms with Crippen LogP contribution >= 0.6 is 0 Å². The Morgan fingerprint density at radius 2 is 1.30 bits per heavy atom. The minimum absolute atomic E-state index is 0.157. The molecular formula is C21H27N3O3. The maximum atomic E-state index is 10.7. The Hall–Kier alpha value is -2.44. The molecule has 0 atom stereocenters. The van der Waals surface area contributed by atoms with Gasteiger partial charge in [0.1, 0.15) is 5.75 Å². The molecule has 0 amide bonds. The zero-order valence-electron chi connectivity index (χ0n) is 15.8. The topological polar surface area (TPSA) is 58.8 Å². The van der Waals surface area contributed by atoms with Gasteiger partial charge in [0.25, 0.3) is 5.69 Å². The molecule has 1 heterocycles. The number of benzene rings is 2. The first-order chi connectivity index (χ1) is 13.1. The summed E-state index contributed by atoms with van der Waals surface area (Å²) < 4.78 is 5.20. The number of methoxy groups -OCH3 is 1. The molecule has 1 aliphatic rings. The van der Waals surface area contributed by atoms with Crippen molar-refractivity contribution in [2.45, 2.75) is 12.8 Å². The van der Waals surface area contributed by atoms with Crippen LogP contribution in [0.1, 0.15) is 11.1 Å². The highest BCUT2D eigenvalue weighted by molar-refractivity contribution is 5.33. The summed E-state index contributed by atoms with van der Waals surface area (Å²) in [6.07, 6.45) is 2.00. The van der Waals surface area contributed by atoms with Gasteiger partial charge in [-0.05, 0) is 36.1 Å². The van der Waals surface area contributed by atoms with Gasteiger partial charge in [0.15, 0.2) is 0 Å². The zero-order chi connectivity index (χ0) is 19.1. The first kappa shape index (κ1) is 19.3. The molecule has 2 aromatic rings. The van der Waals surface area contributed by atoms with Crippen molar-refractivity contribution in [3.05, 3.63) is 69.8 Å². The highest BCUT2D eigenvalue weighted by Crippen LogP contribution is 2.14. The number of nitro benzene ring substituents is 1. The number of non-ortho nitro benzene ring substituents is 1. The predicted octanol–water partition coefficient (Wildman–Crippen LogP) is 3.01. The molecule has 6 nitrogen and oxygen atoms in total. The number of nitrogens with zero attached hydrogens (tertiary/aromatic N) is 3. The third-order valence-corrected chi connectivity index (χ3v) is 5.20. The van der Waals surface area contributed by atoms with Crippen LogP contribution in [0.2, 0.25) is 0 Å². The van der Waals surface area contributed by atoms with E-state index < -0.39 is 0 Å². The number of rotatable bonds is 8. The van der Waals surface area contributed by atoms with Crippen molar-refractivity contribution < 1.29 is 9.66 Å². The summed E-state index contributed by atoms with van der Waals surface area (Å²) in [7, 11) is 1.69. The molecular weight excluding hydrogens is 342 g/mol. The fourth-order valence-corrected chi connectivity index (χ4v) is 3.39. The molecule has 1 aliphatic heterocycles. The van der Waals surface area contributed by atoms with Crippen LogP contribution in [0.4, 0.5) is 5.69 Å². The highest BCUT2D eigenvalue weighted by atomic mass is 16.6. The molecule has 0 unspecified atom stereocenters. The second-order valence-corrected chi connectivity index (χ2v) is 6.95. The Bertz CT molecular complexity index is 723. The largest absolute Gasteiger partial charge is 0.497 e. The molecule has 0 aliphatic carbocycles. The molecule has 6 heteroatoms. The Balaban J connectivity index is 1.36. The molecule has 144 valence electrons. The average Bonchev–Trinajstić information content (AvgIpc) is 2.72. The van der Waals surface area contributed by atoms with Gasteiger partial charge < -0.3 is 14.5 Å². The molecule has 1 saturated heterocycles. The van der Waals surface area contributed by atoms with Crippen molar-refractivity contribution >= 4 is 5.69 Å². The molecule has 0 bridgehead atoms. The van der Waals surface area contributed by atoms with E-state index in [1.807, 2.05) is 24.3 Å². The number of ether oxygens (including phenoxy) is 1. The van der Waals surface area contributed by atoms with E-state index in [-0.39, 0.29) is 10.6 Å². The summed E-state index contributed by atoms with van der Waals surface area (Å²) in [5.41, 5.74) is 2.66. The summed E-state index contributed by atoms with van der Waals surface area (Å²) >= 11 is 0. The van der Waals surface area contributed by atoms with Crippen LogP contribution in [0.15, 0.2) is 48.5 Å². The second kappa shape index (κ2) is 9.48. The van der Waals surface area contributed by atoms with Crippen molar-refractivity contribution in [3.8, 4) is 5.75 Å². The lowest BCUT2D eigenvalue weighted by atomic mass is 10.1. The van der Waals surface area contributed by atoms with Gasteiger partial charge >= 0.3 is 0 Å². The third kappa shape index (κ3) is 5.77. The van der Waals surface area contributed by atoms with Crippen molar-refractivity contribution in [3.63, 3.8) is 0 Å². The number of nitro groups is 1. The van der Waals surface area contributed by atoms with Gasteiger partial charge in [-0.2, -0.15) is 0 Å². The normalized spacial score (nSPS) is 15.6. The number of hydrogen-bond donors (Lipinski definition) is 0. The molecule has 2 aromatic carbocycles. The minimum Gasteiger partial charge on any atom is -0.497 e. The van der Waals surface area contributed by atoms with Crippen LogP contribution in [-0.2, 0) is 12.8 Å². The molecule has 3 rings (SSSR count). The number of piperazine rings is 1. The van der Waals surface area contributed by atoms with Crippen LogP contribution in [0, 0.1) is 10.1 Å². The second-order valence-electron chi connectivity index (χ2n) is 6.95. The molecule has 0 radical (unpaired) electrons. The standard InChI is InChI=1S/C21H27N3O3/c1-27-21-8-4-19(5-9-21)11-13-23-16-14-22(15-17-23)12-10-18-2-6-20(7-3-18)24(25)26/h2-9H,10-17H2,1H3. The Morgan fingerprint density at radius 3 is 1.70 bits per heavy atom. The van der Waals surface area contributed by atoms with Crippen LogP contribution in [0.3, 0.4) is 0 Å². The van der Waals surface area contributed by atoms with E-state index in [0.29, 0.717) is 0 Å². The molecule has 0 N–H and O–H groups in total. The van der Waals surface area contributed by atoms with E-state index in [2.05, 4.69) is 21.9 Å². The summed E-state index contributed by atoms with van der Waals surface area (Å²) in [4.78, 5) is 15.4.